The molecule has 1 amide bonds. The molecular formula is C13H16BrF3N2O. The predicted octanol–water partition coefficient (Wildman–Crippen LogP) is 4.04. The highest BCUT2D eigenvalue weighted by atomic mass is 79.9. The number of alkyl halides is 3. The van der Waals surface area contributed by atoms with E-state index in [1.54, 1.807) is 26.0 Å². The highest BCUT2D eigenvalue weighted by Gasteiger charge is 2.36. The van der Waals surface area contributed by atoms with Gasteiger partial charge in [0.15, 0.2) is 0 Å². The summed E-state index contributed by atoms with van der Waals surface area (Å²) in [7, 11) is 0. The van der Waals surface area contributed by atoms with Crippen LogP contribution in [-0.4, -0.2) is 34.6 Å². The number of pyridine rings is 1. The summed E-state index contributed by atoms with van der Waals surface area (Å²) in [5, 5.41) is 0. The fourth-order valence-electron chi connectivity index (χ4n) is 1.96. The van der Waals surface area contributed by atoms with Gasteiger partial charge in [-0.2, -0.15) is 13.2 Å². The largest absolute Gasteiger partial charge is 0.406 e. The maximum atomic E-state index is 12.7. The van der Waals surface area contributed by atoms with Crippen LogP contribution in [0.3, 0.4) is 0 Å². The van der Waals surface area contributed by atoms with Crippen LogP contribution < -0.4 is 0 Å². The zero-order valence-electron chi connectivity index (χ0n) is 11.2. The third-order valence-electron chi connectivity index (χ3n) is 2.93. The smallest absolute Gasteiger partial charge is 0.325 e. The average Bonchev–Trinajstić information content (AvgIpc) is 2.36. The number of aromatic nitrogens is 1. The summed E-state index contributed by atoms with van der Waals surface area (Å²) in [4.78, 5) is 17.1. The second-order valence-corrected chi connectivity index (χ2v) is 5.18. The van der Waals surface area contributed by atoms with E-state index < -0.39 is 24.7 Å². The molecule has 0 aliphatic heterocycles. The average molecular weight is 353 g/mol. The summed E-state index contributed by atoms with van der Waals surface area (Å²) in [6.45, 7) is 2.27. The molecule has 1 heterocycles. The van der Waals surface area contributed by atoms with Gasteiger partial charge in [0.25, 0.3) is 5.91 Å². The lowest BCUT2D eigenvalue weighted by Gasteiger charge is -2.31. The van der Waals surface area contributed by atoms with Crippen LogP contribution in [0.5, 0.6) is 0 Å². The van der Waals surface area contributed by atoms with Gasteiger partial charge in [0.2, 0.25) is 0 Å². The Kier molecular flexibility index (Phi) is 5.98. The quantitative estimate of drug-likeness (QED) is 0.749. The monoisotopic (exact) mass is 352 g/mol. The lowest BCUT2D eigenvalue weighted by atomic mass is 10.1. The molecule has 0 unspecified atom stereocenters. The minimum Gasteiger partial charge on any atom is -0.325 e. The van der Waals surface area contributed by atoms with Crippen LogP contribution in [0.2, 0.25) is 0 Å². The lowest BCUT2D eigenvalue weighted by Crippen LogP contribution is -2.45. The Morgan fingerprint density at radius 3 is 2.40 bits per heavy atom. The number of amides is 1. The van der Waals surface area contributed by atoms with Gasteiger partial charge in [-0.1, -0.05) is 19.9 Å². The van der Waals surface area contributed by atoms with E-state index in [1.165, 1.54) is 6.07 Å². The third-order valence-corrected chi connectivity index (χ3v) is 3.37. The number of hydrogen-bond acceptors (Lipinski definition) is 2. The van der Waals surface area contributed by atoms with E-state index in [0.29, 0.717) is 17.4 Å². The van der Waals surface area contributed by atoms with Gasteiger partial charge >= 0.3 is 6.18 Å². The molecule has 0 aromatic carbocycles. The van der Waals surface area contributed by atoms with Crippen molar-refractivity contribution in [2.24, 2.45) is 0 Å². The molecule has 112 valence electrons. The maximum Gasteiger partial charge on any atom is 0.406 e. The molecule has 0 spiro atoms. The first-order valence-electron chi connectivity index (χ1n) is 6.28. The van der Waals surface area contributed by atoms with Crippen LogP contribution in [0.15, 0.2) is 22.8 Å². The molecule has 0 aliphatic rings. The highest BCUT2D eigenvalue weighted by Crippen LogP contribution is 2.22. The van der Waals surface area contributed by atoms with Gasteiger partial charge in [0.05, 0.1) is 0 Å². The first-order valence-corrected chi connectivity index (χ1v) is 7.08. The van der Waals surface area contributed by atoms with Gasteiger partial charge in [-0.05, 0) is 40.9 Å². The van der Waals surface area contributed by atoms with Crippen molar-refractivity contribution in [3.63, 3.8) is 0 Å². The third kappa shape index (κ3) is 4.77. The number of halogens is 4. The van der Waals surface area contributed by atoms with Crippen molar-refractivity contribution < 1.29 is 18.0 Å². The van der Waals surface area contributed by atoms with Gasteiger partial charge in [0, 0.05) is 6.04 Å². The van der Waals surface area contributed by atoms with E-state index in [-0.39, 0.29) is 5.69 Å². The summed E-state index contributed by atoms with van der Waals surface area (Å²) >= 11 is 3.11. The van der Waals surface area contributed by atoms with Crippen LogP contribution in [-0.2, 0) is 0 Å². The van der Waals surface area contributed by atoms with Gasteiger partial charge in [-0.25, -0.2) is 4.98 Å². The van der Waals surface area contributed by atoms with Crippen LogP contribution >= 0.6 is 15.9 Å². The molecular weight excluding hydrogens is 337 g/mol. The predicted molar refractivity (Wildman–Crippen MR) is 73.4 cm³/mol. The minimum absolute atomic E-state index is 0.00975. The molecule has 1 aromatic heterocycles. The SMILES string of the molecule is CCC(CC)N(CC(F)(F)F)C(=O)c1cccc(Br)n1. The Labute approximate surface area is 124 Å². The number of hydrogen-bond donors (Lipinski definition) is 0. The van der Waals surface area contributed by atoms with Crippen molar-refractivity contribution in [1.82, 2.24) is 9.88 Å². The molecule has 0 atom stereocenters. The molecule has 0 bridgehead atoms. The van der Waals surface area contributed by atoms with Gasteiger partial charge in [-0.3, -0.25) is 4.79 Å². The summed E-state index contributed by atoms with van der Waals surface area (Å²) < 4.78 is 38.4. The molecule has 7 heteroatoms. The van der Waals surface area contributed by atoms with Crippen molar-refractivity contribution in [3.05, 3.63) is 28.5 Å². The fourth-order valence-corrected chi connectivity index (χ4v) is 2.31. The van der Waals surface area contributed by atoms with E-state index in [1.807, 2.05) is 0 Å². The molecule has 0 saturated heterocycles. The normalized spacial score (nSPS) is 11.8. The Morgan fingerprint density at radius 2 is 1.95 bits per heavy atom. The zero-order valence-corrected chi connectivity index (χ0v) is 12.8. The van der Waals surface area contributed by atoms with Crippen molar-refractivity contribution in [1.29, 1.82) is 0 Å². The number of carbonyl (C=O) groups is 1. The first kappa shape index (κ1) is 16.9. The maximum absolute atomic E-state index is 12.7. The zero-order chi connectivity index (χ0) is 15.3. The van der Waals surface area contributed by atoms with E-state index in [4.69, 9.17) is 0 Å². The van der Waals surface area contributed by atoms with E-state index >= 15 is 0 Å². The van der Waals surface area contributed by atoms with E-state index in [2.05, 4.69) is 20.9 Å². The van der Waals surface area contributed by atoms with E-state index in [0.717, 1.165) is 4.90 Å². The summed E-state index contributed by atoms with van der Waals surface area (Å²) in [5.74, 6) is -0.697. The summed E-state index contributed by atoms with van der Waals surface area (Å²) in [6, 6.07) is 4.15. The minimum atomic E-state index is -4.43. The molecule has 20 heavy (non-hydrogen) atoms. The molecule has 0 saturated carbocycles. The first-order chi connectivity index (χ1) is 9.28. The second-order valence-electron chi connectivity index (χ2n) is 4.36. The van der Waals surface area contributed by atoms with Crippen LogP contribution in [0, 0.1) is 0 Å². The summed E-state index contributed by atoms with van der Waals surface area (Å²) in [6.07, 6.45) is -3.50. The van der Waals surface area contributed by atoms with Gasteiger partial charge in [0.1, 0.15) is 16.8 Å². The molecule has 0 N–H and O–H groups in total. The molecule has 3 nitrogen and oxygen atoms in total. The Morgan fingerprint density at radius 1 is 1.35 bits per heavy atom. The lowest BCUT2D eigenvalue weighted by molar-refractivity contribution is -0.145. The molecule has 0 aliphatic carbocycles. The second kappa shape index (κ2) is 7.06. The number of nitrogens with zero attached hydrogens (tertiary/aromatic N) is 2. The van der Waals surface area contributed by atoms with Crippen molar-refractivity contribution >= 4 is 21.8 Å². The molecule has 1 aromatic rings. The topological polar surface area (TPSA) is 33.2 Å². The van der Waals surface area contributed by atoms with Gasteiger partial charge < -0.3 is 4.90 Å². The molecule has 0 radical (unpaired) electrons. The van der Waals surface area contributed by atoms with Crippen molar-refractivity contribution in [3.8, 4) is 0 Å². The fraction of sp³-hybridized carbons (Fsp3) is 0.538. The van der Waals surface area contributed by atoms with Gasteiger partial charge in [-0.15, -0.1) is 0 Å². The molecule has 1 rings (SSSR count). The molecule has 0 fully saturated rings. The Bertz CT molecular complexity index is 461. The Hall–Kier alpha value is -1.11. The Balaban J connectivity index is 3.06. The van der Waals surface area contributed by atoms with Crippen LogP contribution in [0.25, 0.3) is 0 Å². The number of rotatable bonds is 5. The van der Waals surface area contributed by atoms with E-state index in [9.17, 15) is 18.0 Å². The van der Waals surface area contributed by atoms with Crippen molar-refractivity contribution in [2.75, 3.05) is 6.54 Å². The summed E-state index contributed by atoms with van der Waals surface area (Å²) in [5.41, 5.74) is 0.00975. The number of carbonyl (C=O) groups excluding carboxylic acids is 1. The van der Waals surface area contributed by atoms with Crippen LogP contribution in [0.1, 0.15) is 37.2 Å². The highest BCUT2D eigenvalue weighted by molar-refractivity contribution is 9.10. The standard InChI is InChI=1S/C13H16BrF3N2O/c1-3-9(4-2)19(8-13(15,16)17)12(20)10-6-5-7-11(14)18-10/h5-7,9H,3-4,8H2,1-2H3. The van der Waals surface area contributed by atoms with Crippen molar-refractivity contribution in [2.45, 2.75) is 38.9 Å². The van der Waals surface area contributed by atoms with Crippen LogP contribution in [0.4, 0.5) is 13.2 Å².